The molecule has 2 heterocycles. The number of halogens is 3. The van der Waals surface area contributed by atoms with E-state index in [1.54, 1.807) is 6.92 Å². The maximum absolute atomic E-state index is 14.1. The van der Waals surface area contributed by atoms with Gasteiger partial charge in [-0.05, 0) is 25.0 Å². The molecular formula is C16H16F3N3O3S. The van der Waals surface area contributed by atoms with E-state index in [0.29, 0.717) is 6.42 Å². The first kappa shape index (κ1) is 18.6. The highest BCUT2D eigenvalue weighted by atomic mass is 32.2. The van der Waals surface area contributed by atoms with Gasteiger partial charge in [0.1, 0.15) is 24.1 Å². The van der Waals surface area contributed by atoms with Crippen molar-refractivity contribution in [3.05, 3.63) is 47.7 Å². The first-order valence-electron chi connectivity index (χ1n) is 7.94. The van der Waals surface area contributed by atoms with Gasteiger partial charge >= 0.3 is 0 Å². The molecule has 3 rings (SSSR count). The van der Waals surface area contributed by atoms with E-state index in [-0.39, 0.29) is 31.1 Å². The first-order valence-corrected chi connectivity index (χ1v) is 9.38. The number of ether oxygens (including phenoxy) is 1. The number of aryl methyl sites for hydroxylation is 1. The van der Waals surface area contributed by atoms with E-state index < -0.39 is 38.5 Å². The van der Waals surface area contributed by atoms with Gasteiger partial charge in [0.15, 0.2) is 4.90 Å². The third kappa shape index (κ3) is 3.38. The number of benzene rings is 1. The molecule has 1 atom stereocenters. The molecule has 0 N–H and O–H groups in total. The van der Waals surface area contributed by atoms with E-state index in [4.69, 9.17) is 4.74 Å². The van der Waals surface area contributed by atoms with E-state index in [0.717, 1.165) is 28.8 Å². The quantitative estimate of drug-likeness (QED) is 0.787. The topological polar surface area (TPSA) is 72.4 Å². The number of hydrogen-bond donors (Lipinski definition) is 0. The van der Waals surface area contributed by atoms with Crippen molar-refractivity contribution in [2.24, 2.45) is 0 Å². The van der Waals surface area contributed by atoms with Crippen LogP contribution in [-0.4, -0.2) is 41.9 Å². The van der Waals surface area contributed by atoms with Crippen LogP contribution in [0.4, 0.5) is 13.2 Å². The average molecular weight is 387 g/mol. The van der Waals surface area contributed by atoms with Crippen molar-refractivity contribution in [2.45, 2.75) is 30.8 Å². The van der Waals surface area contributed by atoms with Gasteiger partial charge in [-0.25, -0.2) is 22.2 Å². The van der Waals surface area contributed by atoms with Crippen LogP contribution in [0.1, 0.15) is 19.0 Å². The Bertz CT molecular complexity index is 904. The number of aromatic nitrogens is 2. The number of sulfonamides is 1. The summed E-state index contributed by atoms with van der Waals surface area (Å²) in [5.74, 6) is -3.29. The molecule has 2 aromatic rings. The molecule has 0 aliphatic carbocycles. The molecule has 10 heteroatoms. The normalized spacial score (nSPS) is 18.2. The van der Waals surface area contributed by atoms with Gasteiger partial charge < -0.3 is 4.74 Å². The molecule has 1 aromatic carbocycles. The van der Waals surface area contributed by atoms with E-state index in [1.807, 2.05) is 0 Å². The Hall–Kier alpha value is -2.20. The standard InChI is InChI=1S/C16H16F3N3O3S/c1-2-13-14(19)16(21-9-20-13)25-10-6-7-22(8-10)26(23,24)15-11(17)4-3-5-12(15)18/h3-5,9-10H,2,6-8H2,1H3/t10-/m1/s1. The summed E-state index contributed by atoms with van der Waals surface area (Å²) >= 11 is 0. The monoisotopic (exact) mass is 387 g/mol. The lowest BCUT2D eigenvalue weighted by Gasteiger charge is -2.18. The summed E-state index contributed by atoms with van der Waals surface area (Å²) in [5, 5.41) is 0. The molecule has 0 saturated carbocycles. The minimum absolute atomic E-state index is 0.00584. The molecule has 0 spiro atoms. The third-order valence-electron chi connectivity index (χ3n) is 4.07. The smallest absolute Gasteiger partial charge is 0.254 e. The molecule has 0 bridgehead atoms. The van der Waals surface area contributed by atoms with Crippen LogP contribution in [0, 0.1) is 17.5 Å². The average Bonchev–Trinajstić information content (AvgIpc) is 3.06. The number of rotatable bonds is 5. The van der Waals surface area contributed by atoms with Crippen molar-refractivity contribution in [2.75, 3.05) is 13.1 Å². The van der Waals surface area contributed by atoms with Crippen molar-refractivity contribution < 1.29 is 26.3 Å². The van der Waals surface area contributed by atoms with Gasteiger partial charge in [-0.3, -0.25) is 0 Å². The SMILES string of the molecule is CCc1ncnc(O[C@@H]2CCN(S(=O)(=O)c3c(F)cccc3F)C2)c1F. The van der Waals surface area contributed by atoms with Crippen molar-refractivity contribution in [1.82, 2.24) is 14.3 Å². The molecule has 1 aliphatic rings. The summed E-state index contributed by atoms with van der Waals surface area (Å²) < 4.78 is 73.3. The predicted octanol–water partition coefficient (Wildman–Crippen LogP) is 2.30. The fraction of sp³-hybridized carbons (Fsp3) is 0.375. The second-order valence-electron chi connectivity index (χ2n) is 5.74. The molecule has 6 nitrogen and oxygen atoms in total. The Morgan fingerprint density at radius 1 is 1.23 bits per heavy atom. The molecule has 0 radical (unpaired) electrons. The van der Waals surface area contributed by atoms with Crippen LogP contribution in [0.2, 0.25) is 0 Å². The number of nitrogens with zero attached hydrogens (tertiary/aromatic N) is 3. The van der Waals surface area contributed by atoms with Crippen LogP contribution in [0.3, 0.4) is 0 Å². The van der Waals surface area contributed by atoms with E-state index >= 15 is 0 Å². The Kier molecular flexibility index (Phi) is 5.15. The van der Waals surface area contributed by atoms with Crippen LogP contribution >= 0.6 is 0 Å². The second-order valence-corrected chi connectivity index (χ2v) is 7.61. The zero-order valence-electron chi connectivity index (χ0n) is 13.8. The molecule has 1 aromatic heterocycles. The number of hydrogen-bond acceptors (Lipinski definition) is 5. The van der Waals surface area contributed by atoms with Gasteiger partial charge in [0, 0.05) is 6.54 Å². The van der Waals surface area contributed by atoms with Crippen LogP contribution in [0.15, 0.2) is 29.4 Å². The van der Waals surface area contributed by atoms with Gasteiger partial charge in [0.05, 0.1) is 12.2 Å². The van der Waals surface area contributed by atoms with Crippen molar-refractivity contribution >= 4 is 10.0 Å². The highest BCUT2D eigenvalue weighted by Gasteiger charge is 2.37. The summed E-state index contributed by atoms with van der Waals surface area (Å²) in [6.07, 6.45) is 1.06. The fourth-order valence-electron chi connectivity index (χ4n) is 2.74. The summed E-state index contributed by atoms with van der Waals surface area (Å²) in [6, 6.07) is 2.84. The second kappa shape index (κ2) is 7.20. The van der Waals surface area contributed by atoms with Gasteiger partial charge in [0.25, 0.3) is 5.88 Å². The van der Waals surface area contributed by atoms with Gasteiger partial charge in [-0.15, -0.1) is 0 Å². The molecular weight excluding hydrogens is 371 g/mol. The summed E-state index contributed by atoms with van der Waals surface area (Å²) in [5.41, 5.74) is 0.186. The maximum atomic E-state index is 14.1. The van der Waals surface area contributed by atoms with Crippen LogP contribution in [0.5, 0.6) is 5.88 Å². The molecule has 1 fully saturated rings. The zero-order valence-corrected chi connectivity index (χ0v) is 14.6. The van der Waals surface area contributed by atoms with E-state index in [9.17, 15) is 21.6 Å². The third-order valence-corrected chi connectivity index (χ3v) is 5.98. The lowest BCUT2D eigenvalue weighted by Crippen LogP contribution is -2.32. The van der Waals surface area contributed by atoms with Crippen molar-refractivity contribution in [3.63, 3.8) is 0 Å². The van der Waals surface area contributed by atoms with Crippen LogP contribution in [0.25, 0.3) is 0 Å². The minimum Gasteiger partial charge on any atom is -0.471 e. The van der Waals surface area contributed by atoms with Crippen molar-refractivity contribution in [1.29, 1.82) is 0 Å². The Balaban J connectivity index is 1.79. The lowest BCUT2D eigenvalue weighted by atomic mass is 10.3. The Morgan fingerprint density at radius 3 is 2.58 bits per heavy atom. The Morgan fingerprint density at radius 2 is 1.92 bits per heavy atom. The molecule has 1 saturated heterocycles. The lowest BCUT2D eigenvalue weighted by molar-refractivity contribution is 0.195. The van der Waals surface area contributed by atoms with E-state index in [1.165, 1.54) is 0 Å². The molecule has 0 unspecified atom stereocenters. The van der Waals surface area contributed by atoms with Gasteiger partial charge in [0.2, 0.25) is 15.8 Å². The molecule has 140 valence electrons. The highest BCUT2D eigenvalue weighted by Crippen LogP contribution is 2.27. The maximum Gasteiger partial charge on any atom is 0.254 e. The zero-order chi connectivity index (χ0) is 18.9. The van der Waals surface area contributed by atoms with Gasteiger partial charge in [-0.1, -0.05) is 13.0 Å². The van der Waals surface area contributed by atoms with Crippen molar-refractivity contribution in [3.8, 4) is 5.88 Å². The summed E-state index contributed by atoms with van der Waals surface area (Å²) in [6.45, 7) is 1.55. The Labute approximate surface area is 148 Å². The van der Waals surface area contributed by atoms with Crippen LogP contribution < -0.4 is 4.74 Å². The molecule has 0 amide bonds. The first-order chi connectivity index (χ1) is 12.3. The largest absolute Gasteiger partial charge is 0.471 e. The minimum atomic E-state index is -4.37. The molecule has 26 heavy (non-hydrogen) atoms. The fourth-order valence-corrected chi connectivity index (χ4v) is 4.34. The van der Waals surface area contributed by atoms with Gasteiger partial charge in [-0.2, -0.15) is 13.7 Å². The van der Waals surface area contributed by atoms with Crippen LogP contribution in [-0.2, 0) is 16.4 Å². The molecule has 1 aliphatic heterocycles. The van der Waals surface area contributed by atoms with E-state index in [2.05, 4.69) is 9.97 Å². The summed E-state index contributed by atoms with van der Waals surface area (Å²) in [7, 11) is -4.37. The summed E-state index contributed by atoms with van der Waals surface area (Å²) in [4.78, 5) is 6.52. The highest BCUT2D eigenvalue weighted by molar-refractivity contribution is 7.89. The predicted molar refractivity (Wildman–Crippen MR) is 85.5 cm³/mol.